The number of halogens is 4. The fraction of sp³-hybridized carbons (Fsp3) is 0.182. The number of aromatic nitrogens is 1. The summed E-state index contributed by atoms with van der Waals surface area (Å²) in [5, 5.41) is 4.21. The van der Waals surface area contributed by atoms with E-state index in [9.17, 15) is 14.4 Å². The molecule has 3 aromatic carbocycles. The number of carbonyl (C=O) groups is 2. The molecular weight excluding hydrogens is 841 g/mol. The summed E-state index contributed by atoms with van der Waals surface area (Å²) in [5.74, 6) is -0.600. The van der Waals surface area contributed by atoms with E-state index >= 15 is 0 Å². The number of azide groups is 1. The molecule has 4 rings (SSSR count). The van der Waals surface area contributed by atoms with Crippen LogP contribution in [0.15, 0.2) is 96.3 Å². The summed E-state index contributed by atoms with van der Waals surface area (Å²) in [6.07, 6.45) is 7.58. The summed E-state index contributed by atoms with van der Waals surface area (Å²) in [4.78, 5) is 39.3. The third-order valence-electron chi connectivity index (χ3n) is 5.72. The number of hydrogen-bond donors (Lipinski definition) is 1. The van der Waals surface area contributed by atoms with E-state index < -0.39 is 11.1 Å². The fourth-order valence-corrected chi connectivity index (χ4v) is 4.57. The van der Waals surface area contributed by atoms with Crippen molar-refractivity contribution in [2.45, 2.75) is 43.1 Å². The van der Waals surface area contributed by atoms with Crippen LogP contribution < -0.4 is 35.1 Å². The van der Waals surface area contributed by atoms with Gasteiger partial charge in [-0.3, -0.25) is 19.3 Å². The second-order valence-electron chi connectivity index (χ2n) is 8.44. The van der Waals surface area contributed by atoms with Crippen molar-refractivity contribution in [2.24, 2.45) is 5.11 Å². The minimum absolute atomic E-state index is 0. The average Bonchev–Trinajstić information content (AvgIpc) is 2.98. The summed E-state index contributed by atoms with van der Waals surface area (Å²) in [6.45, 7) is 5.90. The molecular formula is C33H36Br3ClN7NaO3. The Labute approximate surface area is 333 Å². The molecule has 0 bridgehead atoms. The molecule has 250 valence electrons. The van der Waals surface area contributed by atoms with Crippen molar-refractivity contribution in [3.63, 3.8) is 0 Å². The number of hydrogen-bond acceptors (Lipinski definition) is 3. The number of carbonyl (C=O) groups excluding carboxylic acids is 2. The number of pyridine rings is 1. The smallest absolute Gasteiger partial charge is 0.373 e. The number of nitrogens with one attached hydrogen (secondary N) is 1. The van der Waals surface area contributed by atoms with Gasteiger partial charge in [-0.05, 0) is 125 Å². The van der Waals surface area contributed by atoms with Crippen LogP contribution in [0.25, 0.3) is 49.3 Å². The number of benzene rings is 3. The largest absolute Gasteiger partial charge is 1.00 e. The number of fused-ring (bicyclic) bond motifs is 1. The monoisotopic (exact) mass is 873 g/mol. The van der Waals surface area contributed by atoms with Crippen molar-refractivity contribution in [1.29, 1.82) is 0 Å². The van der Waals surface area contributed by atoms with Crippen molar-refractivity contribution in [3.05, 3.63) is 151 Å². The van der Waals surface area contributed by atoms with E-state index in [0.717, 1.165) is 52.0 Å². The van der Waals surface area contributed by atoms with Crippen molar-refractivity contribution in [3.8, 4) is 0 Å². The predicted octanol–water partition coefficient (Wildman–Crippen LogP) is 9.52. The summed E-state index contributed by atoms with van der Waals surface area (Å²) in [6, 6.07) is 17.1. The van der Waals surface area contributed by atoms with Gasteiger partial charge in [-0.2, -0.15) is 0 Å². The molecule has 0 aliphatic heterocycles. The van der Waals surface area contributed by atoms with Gasteiger partial charge in [0, 0.05) is 29.9 Å². The molecule has 1 N–H and O–H groups in total. The topological polar surface area (TPSA) is 174 Å². The Kier molecular flexibility index (Phi) is 30.2. The van der Waals surface area contributed by atoms with Crippen LogP contribution >= 0.6 is 59.4 Å². The molecule has 0 aliphatic carbocycles. The van der Waals surface area contributed by atoms with Crippen LogP contribution in [0, 0.1) is 20.8 Å². The minimum atomic E-state index is -0.600. The van der Waals surface area contributed by atoms with Gasteiger partial charge in [0.2, 0.25) is 11.1 Å². The third-order valence-corrected chi connectivity index (χ3v) is 8.42. The molecule has 0 radical (unpaired) electrons. The maximum absolute atomic E-state index is 11.4. The SMILES string of the molecule is C.C.C.Cc1c(Br)ccc2c(=O)[nH]ccc12.Cc1c(Br)cccc1C=CC(=O)Cl.Cc1c(Br)cccc1C=CC(=O)N=[N+]=[N-].[N-]=[N+]=[N-].[Na+]. The molecule has 1 amide bonds. The first kappa shape index (κ1) is 51.9. The van der Waals surface area contributed by atoms with Crippen LogP contribution in [0.4, 0.5) is 0 Å². The van der Waals surface area contributed by atoms with E-state index in [1.54, 1.807) is 18.3 Å². The van der Waals surface area contributed by atoms with Gasteiger partial charge < -0.3 is 16.0 Å². The van der Waals surface area contributed by atoms with Gasteiger partial charge in [0.15, 0.2) is 0 Å². The van der Waals surface area contributed by atoms with Crippen LogP contribution in [-0.4, -0.2) is 16.1 Å². The molecule has 48 heavy (non-hydrogen) atoms. The number of allylic oxidation sites excluding steroid dienone is 1. The molecule has 0 atom stereocenters. The predicted molar refractivity (Wildman–Crippen MR) is 208 cm³/mol. The van der Waals surface area contributed by atoms with Gasteiger partial charge in [0.25, 0.3) is 5.56 Å². The zero-order chi connectivity index (χ0) is 33.2. The summed E-state index contributed by atoms with van der Waals surface area (Å²) in [5.41, 5.74) is 26.6. The zero-order valence-electron chi connectivity index (χ0n) is 24.5. The first-order valence-electron chi connectivity index (χ1n) is 12.3. The normalized spacial score (nSPS) is 9.06. The summed E-state index contributed by atoms with van der Waals surface area (Å²) >= 11 is 15.4. The molecule has 1 aromatic heterocycles. The second kappa shape index (κ2) is 27.9. The number of aryl methyl sites for hydroxylation is 1. The van der Waals surface area contributed by atoms with E-state index in [0.29, 0.717) is 0 Å². The van der Waals surface area contributed by atoms with Crippen LogP contribution in [0.5, 0.6) is 0 Å². The number of amides is 1. The van der Waals surface area contributed by atoms with E-state index in [-0.39, 0.29) is 57.4 Å². The quantitative estimate of drug-likeness (QED) is 0.0538. The van der Waals surface area contributed by atoms with Crippen molar-refractivity contribution in [1.82, 2.24) is 4.98 Å². The van der Waals surface area contributed by atoms with Gasteiger partial charge >= 0.3 is 29.6 Å². The fourth-order valence-electron chi connectivity index (χ4n) is 3.40. The number of aromatic amines is 1. The molecule has 10 nitrogen and oxygen atoms in total. The van der Waals surface area contributed by atoms with Gasteiger partial charge in [-0.1, -0.05) is 100 Å². The maximum atomic E-state index is 11.4. The zero-order valence-corrected chi connectivity index (χ0v) is 32.0. The first-order chi connectivity index (χ1) is 20.9. The average molecular weight is 877 g/mol. The van der Waals surface area contributed by atoms with E-state index in [1.165, 1.54) is 17.1 Å². The van der Waals surface area contributed by atoms with Crippen molar-refractivity contribution < 1.29 is 39.1 Å². The standard InChI is InChI=1S/C10H8BrClO.C10H8BrN3O.C10H8BrNO.3CH4.N3.Na/c1-7-8(5-6-10(12)13)3-2-4-9(7)11;1-7-8(3-2-4-9(7)11)5-6-10(15)13-14-12;1-6-7-4-5-12-10(13)8(7)2-3-9(6)11;;;;1-3-2;/h2-6H,1H3;2-6H,1H3;2-5H,1H3,(H,12,13);3*1H4;;/q;;;;;;-1;+1. The minimum Gasteiger partial charge on any atom is -0.373 e. The molecule has 0 unspecified atom stereocenters. The van der Waals surface area contributed by atoms with Crippen molar-refractivity contribution >= 4 is 93.5 Å². The second-order valence-corrected chi connectivity index (χ2v) is 11.4. The number of H-pyrrole nitrogens is 1. The number of rotatable bonds is 4. The Morgan fingerprint density at radius 2 is 1.21 bits per heavy atom. The van der Waals surface area contributed by atoms with Crippen LogP contribution in [0.3, 0.4) is 0 Å². The summed E-state index contributed by atoms with van der Waals surface area (Å²) < 4.78 is 3.03. The number of nitrogens with zero attached hydrogens (tertiary/aromatic N) is 6. The molecule has 0 aliphatic rings. The molecule has 4 aromatic rings. The van der Waals surface area contributed by atoms with Gasteiger partial charge in [-0.15, -0.1) is 0 Å². The van der Waals surface area contributed by atoms with Gasteiger partial charge in [0.1, 0.15) is 0 Å². The van der Waals surface area contributed by atoms with Crippen LogP contribution in [0.2, 0.25) is 0 Å². The van der Waals surface area contributed by atoms with Crippen LogP contribution in [0.1, 0.15) is 50.1 Å². The molecule has 15 heteroatoms. The Hall–Kier alpha value is -2.96. The van der Waals surface area contributed by atoms with Gasteiger partial charge in [-0.25, -0.2) is 0 Å². The molecule has 0 spiro atoms. The van der Waals surface area contributed by atoms with Crippen molar-refractivity contribution in [2.75, 3.05) is 0 Å². The summed E-state index contributed by atoms with van der Waals surface area (Å²) in [7, 11) is 0. The van der Waals surface area contributed by atoms with E-state index in [4.69, 9.17) is 28.2 Å². The molecule has 0 fully saturated rings. The Morgan fingerprint density at radius 1 is 0.750 bits per heavy atom. The third kappa shape index (κ3) is 18.0. The maximum Gasteiger partial charge on any atom is 1.00 e. The Bertz CT molecular complexity index is 1850. The Morgan fingerprint density at radius 3 is 1.67 bits per heavy atom. The van der Waals surface area contributed by atoms with Gasteiger partial charge in [0.05, 0.1) is 0 Å². The van der Waals surface area contributed by atoms with E-state index in [2.05, 4.69) is 62.8 Å². The van der Waals surface area contributed by atoms with E-state index in [1.807, 2.05) is 75.4 Å². The molecule has 0 saturated heterocycles. The van der Waals surface area contributed by atoms with Crippen LogP contribution in [-0.2, 0) is 9.59 Å². The molecule has 1 heterocycles. The Balaban J connectivity index is -0.000000279. The molecule has 0 saturated carbocycles. The first-order valence-corrected chi connectivity index (χ1v) is 15.0.